The van der Waals surface area contributed by atoms with E-state index in [-0.39, 0.29) is 12.2 Å². The summed E-state index contributed by atoms with van der Waals surface area (Å²) < 4.78 is 6.96. The molecule has 0 saturated heterocycles. The highest BCUT2D eigenvalue weighted by Gasteiger charge is 2.19. The Morgan fingerprint density at radius 2 is 1.77 bits per heavy atom. The molecule has 0 bridgehead atoms. The van der Waals surface area contributed by atoms with E-state index in [2.05, 4.69) is 29.8 Å². The smallest absolute Gasteiger partial charge is 0.337 e. The number of aromatic carboxylic acids is 1. The van der Waals surface area contributed by atoms with Gasteiger partial charge in [0.2, 0.25) is 0 Å². The van der Waals surface area contributed by atoms with Crippen LogP contribution in [0.4, 0.5) is 0 Å². The van der Waals surface area contributed by atoms with Crippen LogP contribution in [0.25, 0.3) is 11.1 Å². The van der Waals surface area contributed by atoms with Crippen LogP contribution in [0.1, 0.15) is 46.7 Å². The van der Waals surface area contributed by atoms with Gasteiger partial charge in [0.15, 0.2) is 0 Å². The SMILES string of the molecule is Cc1ccc(C)c(OCc2nc(CC(C)C)c(-c3ccc(Br)cc3)cc2C(=O)O)c1. The van der Waals surface area contributed by atoms with Crippen molar-refractivity contribution in [3.05, 3.63) is 81.1 Å². The number of carboxylic acid groups (broad SMARTS) is 1. The highest BCUT2D eigenvalue weighted by atomic mass is 79.9. The average Bonchev–Trinajstić information content (AvgIpc) is 2.69. The van der Waals surface area contributed by atoms with Gasteiger partial charge in [-0.05, 0) is 67.1 Å². The maximum atomic E-state index is 12.0. The van der Waals surface area contributed by atoms with Gasteiger partial charge < -0.3 is 9.84 Å². The predicted molar refractivity (Wildman–Crippen MR) is 123 cm³/mol. The third kappa shape index (κ3) is 5.28. The van der Waals surface area contributed by atoms with Crippen LogP contribution in [0, 0.1) is 19.8 Å². The van der Waals surface area contributed by atoms with Crippen LogP contribution >= 0.6 is 15.9 Å². The quantitative estimate of drug-likeness (QED) is 0.424. The first-order valence-corrected chi connectivity index (χ1v) is 10.8. The summed E-state index contributed by atoms with van der Waals surface area (Å²) in [6.07, 6.45) is 0.752. The zero-order valence-electron chi connectivity index (χ0n) is 17.7. The number of benzene rings is 2. The number of ether oxygens (including phenoxy) is 1. The first-order chi connectivity index (χ1) is 14.2. The van der Waals surface area contributed by atoms with E-state index in [4.69, 9.17) is 9.72 Å². The van der Waals surface area contributed by atoms with Crippen molar-refractivity contribution in [2.75, 3.05) is 0 Å². The molecule has 1 N–H and O–H groups in total. The summed E-state index contributed by atoms with van der Waals surface area (Å²) in [6, 6.07) is 15.6. The summed E-state index contributed by atoms with van der Waals surface area (Å²) in [6.45, 7) is 8.34. The minimum atomic E-state index is -1.00. The maximum absolute atomic E-state index is 12.0. The molecular weight excluding hydrogens is 442 g/mol. The van der Waals surface area contributed by atoms with Gasteiger partial charge in [-0.15, -0.1) is 0 Å². The van der Waals surface area contributed by atoms with Gasteiger partial charge in [-0.2, -0.15) is 0 Å². The largest absolute Gasteiger partial charge is 0.487 e. The monoisotopic (exact) mass is 467 g/mol. The molecule has 2 aromatic carbocycles. The van der Waals surface area contributed by atoms with E-state index >= 15 is 0 Å². The Balaban J connectivity index is 2.04. The predicted octanol–water partition coefficient (Wildman–Crippen LogP) is 6.60. The van der Waals surface area contributed by atoms with Crippen molar-refractivity contribution in [1.82, 2.24) is 4.98 Å². The summed E-state index contributed by atoms with van der Waals surface area (Å²) in [5, 5.41) is 9.85. The molecule has 1 heterocycles. The number of carboxylic acids is 1. The van der Waals surface area contributed by atoms with Gasteiger partial charge in [0.1, 0.15) is 12.4 Å². The number of aryl methyl sites for hydroxylation is 2. The molecule has 0 atom stereocenters. The second-order valence-electron chi connectivity index (χ2n) is 7.94. The number of pyridine rings is 1. The van der Waals surface area contributed by atoms with Crippen molar-refractivity contribution in [2.45, 2.75) is 40.7 Å². The zero-order valence-corrected chi connectivity index (χ0v) is 19.3. The molecule has 0 unspecified atom stereocenters. The van der Waals surface area contributed by atoms with Gasteiger partial charge in [-0.1, -0.05) is 54.0 Å². The average molecular weight is 468 g/mol. The third-order valence-corrected chi connectivity index (χ3v) is 5.40. The molecule has 0 radical (unpaired) electrons. The van der Waals surface area contributed by atoms with Crippen molar-refractivity contribution < 1.29 is 14.6 Å². The molecule has 5 heteroatoms. The van der Waals surface area contributed by atoms with Crippen molar-refractivity contribution in [1.29, 1.82) is 0 Å². The molecule has 0 aliphatic rings. The van der Waals surface area contributed by atoms with E-state index in [9.17, 15) is 9.90 Å². The highest BCUT2D eigenvalue weighted by molar-refractivity contribution is 9.10. The second kappa shape index (κ2) is 9.43. The molecule has 0 aliphatic carbocycles. The number of hydrogen-bond acceptors (Lipinski definition) is 3. The number of carbonyl (C=O) groups is 1. The van der Waals surface area contributed by atoms with Crippen molar-refractivity contribution in [3.8, 4) is 16.9 Å². The van der Waals surface area contributed by atoms with E-state index in [1.807, 2.05) is 56.3 Å². The Labute approximate surface area is 186 Å². The van der Waals surface area contributed by atoms with Crippen molar-refractivity contribution >= 4 is 21.9 Å². The molecule has 3 aromatic rings. The highest BCUT2D eigenvalue weighted by Crippen LogP contribution is 2.29. The third-order valence-electron chi connectivity index (χ3n) is 4.88. The van der Waals surface area contributed by atoms with Gasteiger partial charge >= 0.3 is 5.97 Å². The fraction of sp³-hybridized carbons (Fsp3) is 0.280. The molecular formula is C25H26BrNO3. The summed E-state index contributed by atoms with van der Waals surface area (Å²) in [4.78, 5) is 16.8. The van der Waals surface area contributed by atoms with Gasteiger partial charge in [0.25, 0.3) is 0 Å². The fourth-order valence-corrected chi connectivity index (χ4v) is 3.58. The van der Waals surface area contributed by atoms with Crippen LogP contribution in [0.5, 0.6) is 5.75 Å². The number of hydrogen-bond donors (Lipinski definition) is 1. The van der Waals surface area contributed by atoms with E-state index in [0.717, 1.165) is 44.6 Å². The van der Waals surface area contributed by atoms with E-state index in [0.29, 0.717) is 11.6 Å². The molecule has 0 fully saturated rings. The number of nitrogens with zero attached hydrogens (tertiary/aromatic N) is 1. The van der Waals surface area contributed by atoms with Crippen LogP contribution in [0.3, 0.4) is 0 Å². The molecule has 0 aliphatic heterocycles. The fourth-order valence-electron chi connectivity index (χ4n) is 3.32. The summed E-state index contributed by atoms with van der Waals surface area (Å²) in [5.74, 6) is 0.127. The number of aromatic nitrogens is 1. The van der Waals surface area contributed by atoms with E-state index < -0.39 is 5.97 Å². The molecule has 156 valence electrons. The maximum Gasteiger partial charge on any atom is 0.337 e. The number of rotatable bonds is 7. The lowest BCUT2D eigenvalue weighted by Crippen LogP contribution is -2.12. The molecule has 4 nitrogen and oxygen atoms in total. The van der Waals surface area contributed by atoms with Gasteiger partial charge in [0, 0.05) is 15.7 Å². The van der Waals surface area contributed by atoms with E-state index in [1.165, 1.54) is 0 Å². The molecule has 30 heavy (non-hydrogen) atoms. The molecule has 1 aromatic heterocycles. The zero-order chi connectivity index (χ0) is 21.8. The lowest BCUT2D eigenvalue weighted by atomic mass is 9.95. The Bertz CT molecular complexity index is 1060. The molecule has 0 amide bonds. The van der Waals surface area contributed by atoms with Crippen LogP contribution < -0.4 is 4.74 Å². The Morgan fingerprint density at radius 3 is 2.40 bits per heavy atom. The summed E-state index contributed by atoms with van der Waals surface area (Å²) >= 11 is 3.45. The standard InChI is InChI=1S/C25H26BrNO3/c1-15(2)11-22-20(18-7-9-19(26)10-8-18)13-21(25(28)29)23(27-22)14-30-24-12-16(3)5-6-17(24)4/h5-10,12-13,15H,11,14H2,1-4H3,(H,28,29). The topological polar surface area (TPSA) is 59.4 Å². The van der Waals surface area contributed by atoms with Crippen molar-refractivity contribution in [3.63, 3.8) is 0 Å². The van der Waals surface area contributed by atoms with Crippen LogP contribution in [-0.4, -0.2) is 16.1 Å². The minimum Gasteiger partial charge on any atom is -0.487 e. The normalized spacial score (nSPS) is 11.0. The molecule has 0 saturated carbocycles. The Hall–Kier alpha value is -2.66. The summed E-state index contributed by atoms with van der Waals surface area (Å²) in [5.41, 5.74) is 5.40. The van der Waals surface area contributed by atoms with Crippen LogP contribution in [0.15, 0.2) is 53.0 Å². The minimum absolute atomic E-state index is 0.109. The lowest BCUT2D eigenvalue weighted by Gasteiger charge is -2.17. The van der Waals surface area contributed by atoms with Gasteiger partial charge in [-0.3, -0.25) is 4.98 Å². The van der Waals surface area contributed by atoms with Crippen LogP contribution in [-0.2, 0) is 13.0 Å². The molecule has 3 rings (SSSR count). The molecule has 0 spiro atoms. The van der Waals surface area contributed by atoms with Crippen LogP contribution in [0.2, 0.25) is 0 Å². The number of halogens is 1. The summed E-state index contributed by atoms with van der Waals surface area (Å²) in [7, 11) is 0. The lowest BCUT2D eigenvalue weighted by molar-refractivity contribution is 0.0693. The van der Waals surface area contributed by atoms with Crippen molar-refractivity contribution in [2.24, 2.45) is 5.92 Å². The van der Waals surface area contributed by atoms with Gasteiger partial charge in [0.05, 0.1) is 11.3 Å². The van der Waals surface area contributed by atoms with E-state index in [1.54, 1.807) is 6.07 Å². The second-order valence-corrected chi connectivity index (χ2v) is 8.86. The first-order valence-electron chi connectivity index (χ1n) is 9.96. The Morgan fingerprint density at radius 1 is 1.07 bits per heavy atom. The Kier molecular flexibility index (Phi) is 6.93. The van der Waals surface area contributed by atoms with Gasteiger partial charge in [-0.25, -0.2) is 4.79 Å². The first kappa shape index (κ1) is 22.0.